The van der Waals surface area contributed by atoms with Crippen LogP contribution in [0.25, 0.3) is 5.57 Å². The van der Waals surface area contributed by atoms with E-state index in [0.29, 0.717) is 0 Å². The fourth-order valence-electron chi connectivity index (χ4n) is 0.580. The first-order chi connectivity index (χ1) is 4.74. The summed E-state index contributed by atoms with van der Waals surface area (Å²) in [6.45, 7) is 1.95. The number of rotatable bonds is 1. The van der Waals surface area contributed by atoms with E-state index in [4.69, 9.17) is 23.2 Å². The molecule has 0 spiro atoms. The van der Waals surface area contributed by atoms with Gasteiger partial charge in [-0.25, -0.2) is 0 Å². The van der Waals surface area contributed by atoms with Crippen LogP contribution in [0.5, 0.6) is 0 Å². The lowest BCUT2D eigenvalue weighted by Gasteiger charge is -1.89. The van der Waals surface area contributed by atoms with E-state index >= 15 is 0 Å². The van der Waals surface area contributed by atoms with Crippen molar-refractivity contribution in [2.24, 2.45) is 0 Å². The van der Waals surface area contributed by atoms with Crippen LogP contribution in [0.1, 0.15) is 11.8 Å². The van der Waals surface area contributed by atoms with Gasteiger partial charge in [-0.2, -0.15) is 0 Å². The predicted molar refractivity (Wildman–Crippen MR) is 48.8 cm³/mol. The maximum absolute atomic E-state index is 5.71. The van der Waals surface area contributed by atoms with Gasteiger partial charge in [0.25, 0.3) is 0 Å². The van der Waals surface area contributed by atoms with Crippen molar-refractivity contribution in [1.82, 2.24) is 0 Å². The van der Waals surface area contributed by atoms with E-state index in [1.54, 1.807) is 5.54 Å². The minimum atomic E-state index is 0.799. The smallest absolute Gasteiger partial charge is 0.0934 e. The van der Waals surface area contributed by atoms with Crippen LogP contribution in [0.15, 0.2) is 17.7 Å². The molecule has 0 aliphatic rings. The molecule has 0 aliphatic carbocycles. The van der Waals surface area contributed by atoms with Gasteiger partial charge in [-0.15, -0.1) is 11.3 Å². The molecule has 0 saturated carbocycles. The fraction of sp³-hybridized carbons (Fsp3) is 0.143. The summed E-state index contributed by atoms with van der Waals surface area (Å²) in [6, 6.07) is 3.83. The number of hydrogen-bond acceptors (Lipinski definition) is 1. The highest BCUT2D eigenvalue weighted by Crippen LogP contribution is 2.27. The van der Waals surface area contributed by atoms with E-state index < -0.39 is 0 Å². The first-order valence-corrected chi connectivity index (χ1v) is 4.40. The Labute approximate surface area is 74.1 Å². The Bertz CT molecular complexity index is 250. The number of thiophene rings is 1. The van der Waals surface area contributed by atoms with Gasteiger partial charge in [-0.1, -0.05) is 23.2 Å². The second-order valence-corrected chi connectivity index (χ2v) is 3.83. The molecule has 0 nitrogen and oxygen atoms in total. The molecule has 0 aromatic carbocycles. The molecule has 1 rings (SSSR count). The molecular weight excluding hydrogens is 187 g/mol. The van der Waals surface area contributed by atoms with Crippen LogP contribution >= 0.6 is 34.5 Å². The predicted octanol–water partition coefficient (Wildman–Crippen LogP) is 4.00. The Balaban J connectivity index is 2.95. The van der Waals surface area contributed by atoms with Crippen LogP contribution in [0.4, 0.5) is 0 Å². The van der Waals surface area contributed by atoms with Gasteiger partial charge in [0.05, 0.1) is 4.34 Å². The molecule has 0 atom stereocenters. The Morgan fingerprint density at radius 3 is 2.70 bits per heavy atom. The molecular formula is C7H6Cl2S. The van der Waals surface area contributed by atoms with Crippen molar-refractivity contribution >= 4 is 40.1 Å². The topological polar surface area (TPSA) is 0 Å². The molecule has 0 amide bonds. The molecule has 0 fully saturated rings. The van der Waals surface area contributed by atoms with Crippen molar-refractivity contribution in [3.05, 3.63) is 26.9 Å². The largest absolute Gasteiger partial charge is 0.124 e. The molecule has 3 heteroatoms. The van der Waals surface area contributed by atoms with Gasteiger partial charge in [0.1, 0.15) is 0 Å². The zero-order valence-electron chi connectivity index (χ0n) is 5.40. The van der Waals surface area contributed by atoms with Crippen molar-refractivity contribution in [3.8, 4) is 0 Å². The van der Waals surface area contributed by atoms with E-state index in [2.05, 4.69) is 0 Å². The van der Waals surface area contributed by atoms with Gasteiger partial charge in [0.15, 0.2) is 0 Å². The van der Waals surface area contributed by atoms with E-state index in [0.717, 1.165) is 14.8 Å². The molecule has 0 aliphatic heterocycles. The lowest BCUT2D eigenvalue weighted by Crippen LogP contribution is -1.64. The van der Waals surface area contributed by atoms with Crippen molar-refractivity contribution in [3.63, 3.8) is 0 Å². The molecule has 1 aromatic rings. The Morgan fingerprint density at radius 1 is 1.60 bits per heavy atom. The minimum Gasteiger partial charge on any atom is -0.124 e. The highest BCUT2D eigenvalue weighted by atomic mass is 35.5. The van der Waals surface area contributed by atoms with Gasteiger partial charge >= 0.3 is 0 Å². The average Bonchev–Trinajstić information content (AvgIpc) is 2.34. The lowest BCUT2D eigenvalue weighted by molar-refractivity contribution is 1.74. The Morgan fingerprint density at radius 2 is 2.30 bits per heavy atom. The second kappa shape index (κ2) is 3.42. The third kappa shape index (κ3) is 1.75. The summed E-state index contributed by atoms with van der Waals surface area (Å²) in [6.07, 6.45) is 0. The summed E-state index contributed by atoms with van der Waals surface area (Å²) in [4.78, 5) is 1.13. The zero-order chi connectivity index (χ0) is 7.56. The van der Waals surface area contributed by atoms with Crippen LogP contribution in [-0.2, 0) is 0 Å². The maximum Gasteiger partial charge on any atom is 0.0934 e. The van der Waals surface area contributed by atoms with Gasteiger partial charge in [-0.3, -0.25) is 0 Å². The number of halogens is 2. The highest BCUT2D eigenvalue weighted by Gasteiger charge is 1.97. The molecule has 10 heavy (non-hydrogen) atoms. The second-order valence-electron chi connectivity index (χ2n) is 1.90. The standard InChI is InChI=1S/C7H6Cl2S/c1-5(4-8)6-2-3-7(9)10-6/h2-4H,1H3/b5-4-. The number of allylic oxidation sites excluding steroid dienone is 1. The van der Waals surface area contributed by atoms with Crippen LogP contribution in [-0.4, -0.2) is 0 Å². The van der Waals surface area contributed by atoms with Crippen LogP contribution in [0, 0.1) is 0 Å². The minimum absolute atomic E-state index is 0.799. The molecule has 0 bridgehead atoms. The summed E-state index contributed by atoms with van der Waals surface area (Å²) in [5.74, 6) is 0. The quantitative estimate of drug-likeness (QED) is 0.632. The summed E-state index contributed by atoms with van der Waals surface area (Å²) in [5, 5.41) is 0. The Hall–Kier alpha value is 0.0200. The van der Waals surface area contributed by atoms with E-state index in [9.17, 15) is 0 Å². The SMILES string of the molecule is C/C(=C/Cl)c1ccc(Cl)s1. The summed E-state index contributed by atoms with van der Waals surface area (Å²) in [7, 11) is 0. The third-order valence-corrected chi connectivity index (χ3v) is 2.82. The summed E-state index contributed by atoms with van der Waals surface area (Å²) < 4.78 is 0.799. The fourth-order valence-corrected chi connectivity index (χ4v) is 1.78. The van der Waals surface area contributed by atoms with Crippen LogP contribution < -0.4 is 0 Å². The van der Waals surface area contributed by atoms with Crippen LogP contribution in [0.3, 0.4) is 0 Å². The molecule has 0 unspecified atom stereocenters. The summed E-state index contributed by atoms with van der Waals surface area (Å²) >= 11 is 12.7. The molecule has 1 heterocycles. The normalized spacial score (nSPS) is 12.1. The molecule has 0 radical (unpaired) electrons. The van der Waals surface area contributed by atoms with E-state index in [-0.39, 0.29) is 0 Å². The maximum atomic E-state index is 5.71. The van der Waals surface area contributed by atoms with Gasteiger partial charge < -0.3 is 0 Å². The van der Waals surface area contributed by atoms with Gasteiger partial charge in [0.2, 0.25) is 0 Å². The van der Waals surface area contributed by atoms with E-state index in [1.807, 2.05) is 19.1 Å². The first-order valence-electron chi connectivity index (χ1n) is 2.76. The number of hydrogen-bond donors (Lipinski definition) is 0. The zero-order valence-corrected chi connectivity index (χ0v) is 7.72. The summed E-state index contributed by atoms with van der Waals surface area (Å²) in [5.41, 5.74) is 2.61. The third-order valence-electron chi connectivity index (χ3n) is 1.13. The van der Waals surface area contributed by atoms with Gasteiger partial charge in [-0.05, 0) is 24.6 Å². The first kappa shape index (κ1) is 8.12. The monoisotopic (exact) mass is 192 g/mol. The van der Waals surface area contributed by atoms with Crippen molar-refractivity contribution in [2.45, 2.75) is 6.92 Å². The molecule has 0 N–H and O–H groups in total. The van der Waals surface area contributed by atoms with Crippen molar-refractivity contribution in [1.29, 1.82) is 0 Å². The van der Waals surface area contributed by atoms with Crippen molar-refractivity contribution < 1.29 is 0 Å². The van der Waals surface area contributed by atoms with Crippen LogP contribution in [0.2, 0.25) is 4.34 Å². The van der Waals surface area contributed by atoms with Crippen molar-refractivity contribution in [2.75, 3.05) is 0 Å². The average molecular weight is 193 g/mol. The highest BCUT2D eigenvalue weighted by molar-refractivity contribution is 7.17. The van der Waals surface area contributed by atoms with E-state index in [1.165, 1.54) is 11.3 Å². The van der Waals surface area contributed by atoms with Gasteiger partial charge in [0, 0.05) is 10.4 Å². The Kier molecular flexibility index (Phi) is 2.78. The molecule has 1 aromatic heterocycles. The lowest BCUT2D eigenvalue weighted by atomic mass is 10.3. The molecule has 0 saturated heterocycles. The molecule has 54 valence electrons.